The summed E-state index contributed by atoms with van der Waals surface area (Å²) < 4.78 is 11.1. The van der Waals surface area contributed by atoms with E-state index in [0.717, 1.165) is 38.5 Å². The van der Waals surface area contributed by atoms with Crippen molar-refractivity contribution in [2.75, 3.05) is 13.2 Å². The Morgan fingerprint density at radius 3 is 1.75 bits per heavy atom. The van der Waals surface area contributed by atoms with Crippen LogP contribution in [0.5, 0.6) is 0 Å². The summed E-state index contributed by atoms with van der Waals surface area (Å²) in [5.41, 5.74) is 0. The van der Waals surface area contributed by atoms with Crippen LogP contribution in [-0.4, -0.2) is 87.5 Å². The van der Waals surface area contributed by atoms with Crippen molar-refractivity contribution in [2.45, 2.75) is 204 Å². The fourth-order valence-electron chi connectivity index (χ4n) is 6.05. The third-order valence-corrected chi connectivity index (χ3v) is 9.28. The lowest BCUT2D eigenvalue weighted by Crippen LogP contribution is -2.60. The van der Waals surface area contributed by atoms with Gasteiger partial charge >= 0.3 is 0 Å². The molecule has 0 bridgehead atoms. The average Bonchev–Trinajstić information content (AvgIpc) is 3.08. The lowest BCUT2D eigenvalue weighted by molar-refractivity contribution is -0.302. The monoisotopic (exact) mass is 684 g/mol. The van der Waals surface area contributed by atoms with Gasteiger partial charge in [-0.15, -0.1) is 0 Å². The molecule has 2 unspecified atom stereocenters. The average molecular weight is 684 g/mol. The van der Waals surface area contributed by atoms with Crippen molar-refractivity contribution in [3.05, 3.63) is 24.3 Å². The number of aliphatic hydroxyl groups excluding tert-OH is 5. The molecule has 9 heteroatoms. The van der Waals surface area contributed by atoms with E-state index in [2.05, 4.69) is 31.3 Å². The van der Waals surface area contributed by atoms with Crippen LogP contribution in [0, 0.1) is 0 Å². The molecule has 0 spiro atoms. The molecule has 1 amide bonds. The Labute approximate surface area is 292 Å². The third-order valence-electron chi connectivity index (χ3n) is 9.28. The van der Waals surface area contributed by atoms with Crippen molar-refractivity contribution in [3.8, 4) is 0 Å². The number of carbonyl (C=O) groups is 1. The molecule has 1 aliphatic rings. The Balaban J connectivity index is 2.46. The van der Waals surface area contributed by atoms with Gasteiger partial charge in [-0.1, -0.05) is 147 Å². The summed E-state index contributed by atoms with van der Waals surface area (Å²) in [5.74, 6) is -0.189. The minimum Gasteiger partial charge on any atom is -0.394 e. The van der Waals surface area contributed by atoms with E-state index in [0.29, 0.717) is 6.42 Å². The van der Waals surface area contributed by atoms with Gasteiger partial charge in [-0.2, -0.15) is 0 Å². The van der Waals surface area contributed by atoms with Crippen LogP contribution in [-0.2, 0) is 14.3 Å². The van der Waals surface area contributed by atoms with Gasteiger partial charge in [0.15, 0.2) is 6.29 Å². The van der Waals surface area contributed by atoms with Gasteiger partial charge in [0.1, 0.15) is 24.4 Å². The minimum atomic E-state index is -1.57. The number of aliphatic hydroxyl groups is 5. The highest BCUT2D eigenvalue weighted by molar-refractivity contribution is 5.76. The first-order valence-corrected chi connectivity index (χ1v) is 19.6. The first-order chi connectivity index (χ1) is 23.3. The molecule has 9 nitrogen and oxygen atoms in total. The molecule has 6 N–H and O–H groups in total. The zero-order chi connectivity index (χ0) is 35.2. The molecule has 48 heavy (non-hydrogen) atoms. The van der Waals surface area contributed by atoms with Crippen LogP contribution in [0.25, 0.3) is 0 Å². The van der Waals surface area contributed by atoms with Gasteiger partial charge in [0.05, 0.1) is 25.4 Å². The number of allylic oxidation sites excluding steroid dienone is 3. The van der Waals surface area contributed by atoms with Crippen molar-refractivity contribution in [1.82, 2.24) is 5.32 Å². The van der Waals surface area contributed by atoms with Gasteiger partial charge in [-0.3, -0.25) is 4.79 Å². The Bertz CT molecular complexity index is 807. The van der Waals surface area contributed by atoms with Gasteiger partial charge in [0, 0.05) is 6.42 Å². The molecule has 0 aromatic heterocycles. The second-order valence-corrected chi connectivity index (χ2v) is 13.7. The maximum absolute atomic E-state index is 12.8. The Kier molecular flexibility index (Phi) is 28.4. The second-order valence-electron chi connectivity index (χ2n) is 13.7. The second kappa shape index (κ2) is 30.5. The summed E-state index contributed by atoms with van der Waals surface area (Å²) in [6, 6.07) is -0.813. The number of carbonyl (C=O) groups excluding carboxylic acids is 1. The van der Waals surface area contributed by atoms with E-state index in [1.54, 1.807) is 6.08 Å². The zero-order valence-corrected chi connectivity index (χ0v) is 30.5. The molecule has 282 valence electrons. The maximum atomic E-state index is 12.8. The fourth-order valence-corrected chi connectivity index (χ4v) is 6.05. The molecule has 0 aromatic rings. The van der Waals surface area contributed by atoms with E-state index in [1.165, 1.54) is 103 Å². The number of ether oxygens (including phenoxy) is 2. The molecular weight excluding hydrogens is 610 g/mol. The molecule has 0 aromatic carbocycles. The molecule has 1 rings (SSSR count). The number of unbranched alkanes of at least 4 members (excludes halogenated alkanes) is 19. The van der Waals surface area contributed by atoms with Gasteiger partial charge in [0.2, 0.25) is 5.91 Å². The number of amides is 1. The predicted octanol–water partition coefficient (Wildman–Crippen LogP) is 6.77. The quantitative estimate of drug-likeness (QED) is 0.0346. The summed E-state index contributed by atoms with van der Waals surface area (Å²) in [4.78, 5) is 12.8. The van der Waals surface area contributed by atoms with Crippen molar-refractivity contribution in [1.29, 1.82) is 0 Å². The van der Waals surface area contributed by atoms with Gasteiger partial charge in [0.25, 0.3) is 0 Å². The smallest absolute Gasteiger partial charge is 0.220 e. The number of nitrogens with one attached hydrogen (secondary N) is 1. The van der Waals surface area contributed by atoms with Crippen LogP contribution < -0.4 is 5.32 Å². The first kappa shape index (κ1) is 44.7. The first-order valence-electron chi connectivity index (χ1n) is 19.6. The summed E-state index contributed by atoms with van der Waals surface area (Å²) >= 11 is 0. The topological polar surface area (TPSA) is 149 Å². The molecule has 1 fully saturated rings. The largest absolute Gasteiger partial charge is 0.394 e. The van der Waals surface area contributed by atoms with Gasteiger partial charge in [-0.25, -0.2) is 0 Å². The number of hydrogen-bond acceptors (Lipinski definition) is 8. The van der Waals surface area contributed by atoms with E-state index in [4.69, 9.17) is 9.47 Å². The van der Waals surface area contributed by atoms with E-state index < -0.39 is 49.5 Å². The van der Waals surface area contributed by atoms with E-state index in [9.17, 15) is 30.3 Å². The fraction of sp³-hybridized carbons (Fsp3) is 0.872. The van der Waals surface area contributed by atoms with Crippen LogP contribution in [0.4, 0.5) is 0 Å². The predicted molar refractivity (Wildman–Crippen MR) is 193 cm³/mol. The Hall–Kier alpha value is -1.33. The standard InChI is InChI=1S/C39H73NO8/c1-3-5-7-9-11-13-15-16-17-19-21-23-25-27-29-35(43)40-32(31-47-39-38(46)37(45)36(44)34(30-41)48-39)33(42)28-26-24-22-20-18-14-12-10-8-6-4-2/h18,20,26,28,32-34,36-39,41-42,44-46H,3-17,19,21-25,27,29-31H2,1-2H3,(H,40,43)/b20-18+,28-26+/t32-,33+,34-,36-,37?,38?,39-/m0/s1. The normalized spacial score (nSPS) is 22.9. The van der Waals surface area contributed by atoms with Gasteiger partial charge < -0.3 is 40.3 Å². The van der Waals surface area contributed by atoms with E-state index in [-0.39, 0.29) is 12.5 Å². The number of hydrogen-bond donors (Lipinski definition) is 6. The van der Waals surface area contributed by atoms with Crippen LogP contribution in [0.2, 0.25) is 0 Å². The SMILES string of the molecule is CCCCCCC/C=C/CC/C=C/[C@@H](O)[C@H](CO[C@H]1O[C@@H](CO)[C@H](O)C(O)C1O)NC(=O)CCCCCCCCCCCCCCCC. The Morgan fingerprint density at radius 1 is 0.688 bits per heavy atom. The van der Waals surface area contributed by atoms with E-state index in [1.807, 2.05) is 6.08 Å². The van der Waals surface area contributed by atoms with Crippen LogP contribution in [0.15, 0.2) is 24.3 Å². The highest BCUT2D eigenvalue weighted by Gasteiger charge is 2.44. The van der Waals surface area contributed by atoms with Crippen LogP contribution >= 0.6 is 0 Å². The lowest BCUT2D eigenvalue weighted by Gasteiger charge is -2.40. The highest BCUT2D eigenvalue weighted by Crippen LogP contribution is 2.22. The van der Waals surface area contributed by atoms with Crippen molar-refractivity contribution >= 4 is 5.91 Å². The highest BCUT2D eigenvalue weighted by atomic mass is 16.7. The zero-order valence-electron chi connectivity index (χ0n) is 30.5. The van der Waals surface area contributed by atoms with Crippen molar-refractivity contribution in [2.24, 2.45) is 0 Å². The molecule has 7 atom stereocenters. The minimum absolute atomic E-state index is 0.189. The van der Waals surface area contributed by atoms with Gasteiger partial charge in [-0.05, 0) is 32.1 Å². The lowest BCUT2D eigenvalue weighted by atomic mass is 9.99. The molecule has 1 saturated heterocycles. The van der Waals surface area contributed by atoms with Crippen molar-refractivity contribution in [3.63, 3.8) is 0 Å². The molecule has 1 heterocycles. The summed E-state index contributed by atoms with van der Waals surface area (Å²) in [6.07, 6.45) is 26.5. The summed E-state index contributed by atoms with van der Waals surface area (Å²) in [5, 5.41) is 53.8. The van der Waals surface area contributed by atoms with Crippen LogP contribution in [0.3, 0.4) is 0 Å². The van der Waals surface area contributed by atoms with E-state index >= 15 is 0 Å². The Morgan fingerprint density at radius 2 is 1.19 bits per heavy atom. The molecule has 0 radical (unpaired) electrons. The van der Waals surface area contributed by atoms with Crippen molar-refractivity contribution < 1.29 is 39.8 Å². The molecular formula is C39H73NO8. The molecule has 1 aliphatic heterocycles. The summed E-state index contributed by atoms with van der Waals surface area (Å²) in [7, 11) is 0. The maximum Gasteiger partial charge on any atom is 0.220 e. The number of rotatable bonds is 31. The summed E-state index contributed by atoms with van der Waals surface area (Å²) in [6.45, 7) is 3.71. The molecule has 0 saturated carbocycles. The molecule has 0 aliphatic carbocycles. The van der Waals surface area contributed by atoms with Crippen LogP contribution in [0.1, 0.15) is 162 Å². The third kappa shape index (κ3) is 21.7.